The third kappa shape index (κ3) is 13.1. The maximum atomic E-state index is 10.0. The highest BCUT2D eigenvalue weighted by atomic mass is 16.1. The van der Waals surface area contributed by atoms with E-state index in [1.807, 2.05) is 0 Å². The van der Waals surface area contributed by atoms with E-state index in [4.69, 9.17) is 0 Å². The number of unbranched alkanes of at least 4 members (excludes halogenated alkanes) is 8. The molecule has 0 saturated heterocycles. The van der Waals surface area contributed by atoms with Crippen LogP contribution in [0.25, 0.3) is 0 Å². The average molecular weight is 213 g/mol. The second kappa shape index (κ2) is 13.1. The largest absolute Gasteiger partial charge is 0.359 e. The lowest BCUT2D eigenvalue weighted by atomic mass is 10.1. The molecule has 0 saturated carbocycles. The standard InChI is InChI=1S/C12H23NO2/c14-11-9-7-5-3-1-2-4-6-8-10-13-12-15/h11-12H,1-10H2,(H,13,15). The van der Waals surface area contributed by atoms with Crippen molar-refractivity contribution in [2.45, 2.75) is 57.8 Å². The van der Waals surface area contributed by atoms with E-state index in [-0.39, 0.29) is 0 Å². The quantitative estimate of drug-likeness (QED) is 0.400. The zero-order valence-corrected chi connectivity index (χ0v) is 9.54. The number of hydrogen-bond donors (Lipinski definition) is 1. The van der Waals surface area contributed by atoms with E-state index in [0.29, 0.717) is 0 Å². The van der Waals surface area contributed by atoms with E-state index in [0.717, 1.165) is 38.5 Å². The summed E-state index contributed by atoms with van der Waals surface area (Å²) in [5, 5.41) is 2.66. The summed E-state index contributed by atoms with van der Waals surface area (Å²) >= 11 is 0. The van der Waals surface area contributed by atoms with Gasteiger partial charge in [0, 0.05) is 13.0 Å². The van der Waals surface area contributed by atoms with Gasteiger partial charge < -0.3 is 10.1 Å². The van der Waals surface area contributed by atoms with Gasteiger partial charge in [-0.1, -0.05) is 38.5 Å². The first kappa shape index (κ1) is 14.1. The Balaban J connectivity index is 2.86. The first-order valence-electron chi connectivity index (χ1n) is 6.02. The number of carbonyl (C=O) groups excluding carboxylic acids is 2. The average Bonchev–Trinajstić information content (AvgIpc) is 2.26. The Morgan fingerprint density at radius 1 is 0.733 bits per heavy atom. The third-order valence-corrected chi connectivity index (χ3v) is 2.48. The number of carbonyl (C=O) groups is 2. The van der Waals surface area contributed by atoms with Gasteiger partial charge in [0.05, 0.1) is 0 Å². The molecule has 0 aromatic heterocycles. The summed E-state index contributed by atoms with van der Waals surface area (Å²) in [4.78, 5) is 20.0. The molecule has 0 aliphatic heterocycles. The molecule has 0 bridgehead atoms. The van der Waals surface area contributed by atoms with Gasteiger partial charge in [-0.3, -0.25) is 4.79 Å². The summed E-state index contributed by atoms with van der Waals surface area (Å²) in [6.45, 7) is 0.808. The molecule has 0 radical (unpaired) electrons. The fourth-order valence-corrected chi connectivity index (χ4v) is 1.57. The zero-order chi connectivity index (χ0) is 11.2. The second-order valence-electron chi connectivity index (χ2n) is 3.86. The molecule has 0 atom stereocenters. The van der Waals surface area contributed by atoms with E-state index >= 15 is 0 Å². The van der Waals surface area contributed by atoms with Crippen molar-refractivity contribution in [3.8, 4) is 0 Å². The number of aldehydes is 1. The van der Waals surface area contributed by atoms with Gasteiger partial charge in [0.2, 0.25) is 6.41 Å². The van der Waals surface area contributed by atoms with Crippen molar-refractivity contribution in [3.05, 3.63) is 0 Å². The summed E-state index contributed by atoms with van der Waals surface area (Å²) in [6, 6.07) is 0. The Morgan fingerprint density at radius 2 is 1.27 bits per heavy atom. The van der Waals surface area contributed by atoms with Crippen LogP contribution in [0.5, 0.6) is 0 Å². The normalized spacial score (nSPS) is 9.87. The van der Waals surface area contributed by atoms with Crippen molar-refractivity contribution in [1.29, 1.82) is 0 Å². The Bertz CT molecular complexity index is 133. The molecule has 0 aromatic rings. The second-order valence-corrected chi connectivity index (χ2v) is 3.86. The van der Waals surface area contributed by atoms with Crippen LogP contribution in [0.3, 0.4) is 0 Å². The maximum absolute atomic E-state index is 10.0. The number of amides is 1. The lowest BCUT2D eigenvalue weighted by Gasteiger charge is -2.01. The molecule has 0 fully saturated rings. The van der Waals surface area contributed by atoms with Crippen molar-refractivity contribution in [3.63, 3.8) is 0 Å². The molecule has 88 valence electrons. The van der Waals surface area contributed by atoms with E-state index in [1.54, 1.807) is 0 Å². The van der Waals surface area contributed by atoms with Crippen LogP contribution in [0.15, 0.2) is 0 Å². The predicted molar refractivity (Wildman–Crippen MR) is 61.7 cm³/mol. The Kier molecular flexibility index (Phi) is 12.4. The van der Waals surface area contributed by atoms with Crippen molar-refractivity contribution in [1.82, 2.24) is 5.32 Å². The molecule has 3 nitrogen and oxygen atoms in total. The van der Waals surface area contributed by atoms with Crippen LogP contribution in [-0.4, -0.2) is 19.2 Å². The number of rotatable bonds is 12. The van der Waals surface area contributed by atoms with Gasteiger partial charge in [0.25, 0.3) is 0 Å². The van der Waals surface area contributed by atoms with Crippen molar-refractivity contribution in [2.24, 2.45) is 0 Å². The highest BCUT2D eigenvalue weighted by Crippen LogP contribution is 2.08. The highest BCUT2D eigenvalue weighted by Gasteiger charge is 1.92. The molecule has 3 heteroatoms. The monoisotopic (exact) mass is 213 g/mol. The molecule has 0 aromatic carbocycles. The molecular formula is C12H23NO2. The SMILES string of the molecule is O=CCCCCCCCCCCNC=O. The molecule has 0 unspecified atom stereocenters. The molecule has 0 aliphatic carbocycles. The van der Waals surface area contributed by atoms with Crippen LogP contribution in [0.4, 0.5) is 0 Å². The first-order chi connectivity index (χ1) is 7.41. The van der Waals surface area contributed by atoms with Gasteiger partial charge >= 0.3 is 0 Å². The fourth-order valence-electron chi connectivity index (χ4n) is 1.57. The van der Waals surface area contributed by atoms with Crippen LogP contribution in [0, 0.1) is 0 Å². The minimum Gasteiger partial charge on any atom is -0.359 e. The van der Waals surface area contributed by atoms with E-state index in [9.17, 15) is 9.59 Å². The highest BCUT2D eigenvalue weighted by molar-refractivity contribution is 5.48. The van der Waals surface area contributed by atoms with Crippen molar-refractivity contribution in [2.75, 3.05) is 6.54 Å². The summed E-state index contributed by atoms with van der Waals surface area (Å²) in [5.41, 5.74) is 0. The van der Waals surface area contributed by atoms with Crippen molar-refractivity contribution >= 4 is 12.7 Å². The third-order valence-electron chi connectivity index (χ3n) is 2.48. The molecule has 15 heavy (non-hydrogen) atoms. The molecule has 1 amide bonds. The van der Waals surface area contributed by atoms with Gasteiger partial charge in [-0.05, 0) is 12.8 Å². The first-order valence-corrected chi connectivity index (χ1v) is 6.02. The Hall–Kier alpha value is -0.860. The minimum atomic E-state index is 0.720. The van der Waals surface area contributed by atoms with E-state index in [2.05, 4.69) is 5.32 Å². The van der Waals surface area contributed by atoms with Crippen LogP contribution in [0.1, 0.15) is 57.8 Å². The molecule has 0 spiro atoms. The molecule has 1 N–H and O–H groups in total. The number of nitrogens with one attached hydrogen (secondary N) is 1. The lowest BCUT2D eigenvalue weighted by molar-refractivity contribution is -0.109. The minimum absolute atomic E-state index is 0.720. The topological polar surface area (TPSA) is 46.2 Å². The van der Waals surface area contributed by atoms with Gasteiger partial charge in [-0.25, -0.2) is 0 Å². The summed E-state index contributed by atoms with van der Waals surface area (Å²) in [7, 11) is 0. The molecule has 0 aliphatic rings. The van der Waals surface area contributed by atoms with Crippen molar-refractivity contribution < 1.29 is 9.59 Å². The van der Waals surface area contributed by atoms with Crippen LogP contribution in [0.2, 0.25) is 0 Å². The van der Waals surface area contributed by atoms with Crippen LogP contribution in [-0.2, 0) is 9.59 Å². The fraction of sp³-hybridized carbons (Fsp3) is 0.833. The molecule has 0 rings (SSSR count). The number of hydrogen-bond acceptors (Lipinski definition) is 2. The summed E-state index contributed by atoms with van der Waals surface area (Å²) in [6.07, 6.45) is 12.1. The lowest BCUT2D eigenvalue weighted by Crippen LogP contribution is -2.11. The summed E-state index contributed by atoms with van der Waals surface area (Å²) < 4.78 is 0. The van der Waals surface area contributed by atoms with Gasteiger partial charge in [0.15, 0.2) is 0 Å². The van der Waals surface area contributed by atoms with Gasteiger partial charge in [-0.2, -0.15) is 0 Å². The Labute approximate surface area is 92.6 Å². The van der Waals surface area contributed by atoms with Crippen LogP contribution < -0.4 is 5.32 Å². The maximum Gasteiger partial charge on any atom is 0.207 e. The smallest absolute Gasteiger partial charge is 0.207 e. The van der Waals surface area contributed by atoms with Gasteiger partial charge in [0.1, 0.15) is 6.29 Å². The Morgan fingerprint density at radius 3 is 1.80 bits per heavy atom. The summed E-state index contributed by atoms with van der Waals surface area (Å²) in [5.74, 6) is 0. The van der Waals surface area contributed by atoms with E-state index < -0.39 is 0 Å². The van der Waals surface area contributed by atoms with E-state index in [1.165, 1.54) is 38.5 Å². The molecular weight excluding hydrogens is 190 g/mol. The molecule has 0 heterocycles. The van der Waals surface area contributed by atoms with Gasteiger partial charge in [-0.15, -0.1) is 0 Å². The zero-order valence-electron chi connectivity index (χ0n) is 9.54. The van der Waals surface area contributed by atoms with Crippen LogP contribution >= 0.6 is 0 Å². The predicted octanol–water partition coefficient (Wildman–Crippen LogP) is 2.44.